The molecule has 4 nitrogen and oxygen atoms in total. The lowest BCUT2D eigenvalue weighted by Gasteiger charge is -2.09. The molecule has 0 atom stereocenters. The van der Waals surface area contributed by atoms with E-state index in [2.05, 4.69) is 32.9 Å². The van der Waals surface area contributed by atoms with Crippen LogP contribution in [0.2, 0.25) is 5.02 Å². The van der Waals surface area contributed by atoms with Crippen molar-refractivity contribution in [1.29, 1.82) is 0 Å². The zero-order chi connectivity index (χ0) is 17.1. The number of imidazole rings is 1. The Hall–Kier alpha value is -1.93. The molecule has 7 heteroatoms. The van der Waals surface area contributed by atoms with E-state index in [1.165, 1.54) is 12.4 Å². The predicted molar refractivity (Wildman–Crippen MR) is 98.9 cm³/mol. The highest BCUT2D eigenvalue weighted by Gasteiger charge is 2.11. The zero-order valence-corrected chi connectivity index (χ0v) is 15.3. The van der Waals surface area contributed by atoms with E-state index in [1.54, 1.807) is 47.3 Å². The molecule has 24 heavy (non-hydrogen) atoms. The third kappa shape index (κ3) is 3.76. The van der Waals surface area contributed by atoms with Gasteiger partial charge >= 0.3 is 0 Å². The molecule has 0 aliphatic carbocycles. The Balaban J connectivity index is 1.70. The number of carbonyl (C=O) groups is 1. The minimum Gasteiger partial charge on any atom is -0.348 e. The Labute approximate surface area is 156 Å². The summed E-state index contributed by atoms with van der Waals surface area (Å²) in [5, 5.41) is 3.36. The fraction of sp³-hybridized carbons (Fsp3) is 0.0588. The summed E-state index contributed by atoms with van der Waals surface area (Å²) in [5.41, 5.74) is 1.62. The Kier molecular flexibility index (Phi) is 5.15. The predicted octanol–water partition coefficient (Wildman–Crippen LogP) is 4.20. The molecule has 0 aliphatic heterocycles. The lowest BCUT2D eigenvalue weighted by molar-refractivity contribution is 0.0950. The van der Waals surface area contributed by atoms with Gasteiger partial charge in [-0.15, -0.1) is 0 Å². The minimum absolute atomic E-state index is 0.227. The molecule has 122 valence electrons. The minimum atomic E-state index is -0.374. The standard InChI is InChI=1S/C17H12ClFIN3O/c18-12-2-3-13(15(20)8-12)17(24)22-9-11-1-4-16(14(19)7-11)23-6-5-21-10-23/h1-8,10H,9H2,(H,22,24). The summed E-state index contributed by atoms with van der Waals surface area (Å²) in [6, 6.07) is 9.88. The number of carbonyl (C=O) groups excluding carboxylic acids is 1. The molecule has 0 bridgehead atoms. The summed E-state index contributed by atoms with van der Waals surface area (Å²) in [6.07, 6.45) is 4.78. The second-order valence-electron chi connectivity index (χ2n) is 5.06. The number of benzene rings is 2. The Morgan fingerprint density at radius 1 is 1.29 bits per heavy atom. The van der Waals surface area contributed by atoms with E-state index in [0.29, 0.717) is 21.8 Å². The number of aromatic nitrogens is 2. The van der Waals surface area contributed by atoms with E-state index in [4.69, 9.17) is 11.6 Å². The molecule has 0 fully saturated rings. The van der Waals surface area contributed by atoms with Crippen molar-refractivity contribution in [2.45, 2.75) is 6.54 Å². The lowest BCUT2D eigenvalue weighted by Crippen LogP contribution is -2.23. The van der Waals surface area contributed by atoms with E-state index < -0.39 is 0 Å². The van der Waals surface area contributed by atoms with Crippen LogP contribution < -0.4 is 5.32 Å². The maximum absolute atomic E-state index is 14.2. The van der Waals surface area contributed by atoms with Crippen LogP contribution in [0.4, 0.5) is 4.39 Å². The number of nitrogens with one attached hydrogen (secondary N) is 1. The van der Waals surface area contributed by atoms with Crippen molar-refractivity contribution in [2.75, 3.05) is 0 Å². The highest BCUT2D eigenvalue weighted by atomic mass is 127. The van der Waals surface area contributed by atoms with Gasteiger partial charge in [-0.3, -0.25) is 4.79 Å². The van der Waals surface area contributed by atoms with Gasteiger partial charge in [-0.1, -0.05) is 17.7 Å². The molecule has 3 rings (SSSR count). The van der Waals surface area contributed by atoms with E-state index in [9.17, 15) is 9.18 Å². The molecule has 0 aliphatic rings. The number of hydrogen-bond donors (Lipinski definition) is 1. The van der Waals surface area contributed by atoms with E-state index in [-0.39, 0.29) is 18.3 Å². The molecule has 0 unspecified atom stereocenters. The van der Waals surface area contributed by atoms with Crippen LogP contribution in [0.15, 0.2) is 55.1 Å². The molecule has 1 heterocycles. The van der Waals surface area contributed by atoms with Gasteiger partial charge in [-0.25, -0.2) is 9.37 Å². The van der Waals surface area contributed by atoms with Gasteiger partial charge in [0.2, 0.25) is 0 Å². The van der Waals surface area contributed by atoms with Crippen molar-refractivity contribution < 1.29 is 9.18 Å². The first-order chi connectivity index (χ1) is 11.5. The quantitative estimate of drug-likeness (QED) is 0.600. The molecule has 3 aromatic rings. The van der Waals surface area contributed by atoms with Crippen molar-refractivity contribution in [1.82, 2.24) is 14.9 Å². The van der Waals surface area contributed by atoms with Crippen molar-refractivity contribution in [2.24, 2.45) is 0 Å². The summed E-state index contributed by atoms with van der Waals surface area (Å²) >= 11 is 7.94. The molecule has 0 radical (unpaired) electrons. The topological polar surface area (TPSA) is 46.9 Å². The Morgan fingerprint density at radius 2 is 2.12 bits per heavy atom. The fourth-order valence-corrected chi connectivity index (χ4v) is 3.34. The van der Waals surface area contributed by atoms with Crippen LogP contribution in [0.3, 0.4) is 0 Å². The van der Waals surface area contributed by atoms with Crippen molar-refractivity contribution in [3.05, 3.63) is 80.7 Å². The molecule has 1 aromatic heterocycles. The van der Waals surface area contributed by atoms with E-state index in [1.807, 2.05) is 0 Å². The van der Waals surface area contributed by atoms with Gasteiger partial charge in [0.15, 0.2) is 0 Å². The monoisotopic (exact) mass is 455 g/mol. The molecule has 2 aromatic carbocycles. The normalized spacial score (nSPS) is 10.6. The van der Waals surface area contributed by atoms with Gasteiger partial charge in [0.25, 0.3) is 5.91 Å². The van der Waals surface area contributed by atoms with Gasteiger partial charge in [-0.05, 0) is 58.5 Å². The van der Waals surface area contributed by atoms with Gasteiger partial charge < -0.3 is 9.88 Å². The molecule has 0 saturated heterocycles. The van der Waals surface area contributed by atoms with Crippen LogP contribution in [-0.2, 0) is 6.54 Å². The third-order valence-electron chi connectivity index (χ3n) is 3.42. The summed E-state index contributed by atoms with van der Waals surface area (Å²) in [4.78, 5) is 16.1. The molecule has 1 N–H and O–H groups in total. The fourth-order valence-electron chi connectivity index (χ4n) is 2.22. The number of rotatable bonds is 4. The van der Waals surface area contributed by atoms with E-state index in [0.717, 1.165) is 3.57 Å². The smallest absolute Gasteiger partial charge is 0.252 e. The second-order valence-corrected chi connectivity index (χ2v) is 6.66. The van der Waals surface area contributed by atoms with Crippen LogP contribution >= 0.6 is 34.2 Å². The highest BCUT2D eigenvalue weighted by Crippen LogP contribution is 2.18. The van der Waals surface area contributed by atoms with Crippen LogP contribution in [0.25, 0.3) is 5.69 Å². The average Bonchev–Trinajstić information content (AvgIpc) is 3.07. The Morgan fingerprint density at radius 3 is 2.79 bits per heavy atom. The third-order valence-corrected chi connectivity index (χ3v) is 4.55. The first-order valence-corrected chi connectivity index (χ1v) is 8.50. The van der Waals surface area contributed by atoms with Gasteiger partial charge in [0.1, 0.15) is 5.82 Å². The van der Waals surface area contributed by atoms with Crippen LogP contribution in [0.1, 0.15) is 15.9 Å². The molecular formula is C17H12ClFIN3O. The largest absolute Gasteiger partial charge is 0.348 e. The number of amides is 1. The summed E-state index contributed by atoms with van der Waals surface area (Å²) in [6.45, 7) is 0.235. The first kappa shape index (κ1) is 16.9. The van der Waals surface area contributed by atoms with Crippen LogP contribution in [0.5, 0.6) is 0 Å². The van der Waals surface area contributed by atoms with Crippen molar-refractivity contribution in [3.63, 3.8) is 0 Å². The maximum Gasteiger partial charge on any atom is 0.252 e. The zero-order valence-electron chi connectivity index (χ0n) is 12.3. The van der Waals surface area contributed by atoms with E-state index >= 15 is 0 Å². The lowest BCUT2D eigenvalue weighted by atomic mass is 10.1. The Bertz CT molecular complexity index is 884. The molecule has 0 spiro atoms. The van der Waals surface area contributed by atoms with Crippen molar-refractivity contribution >= 4 is 40.1 Å². The number of nitrogens with zero attached hydrogens (tertiary/aromatic N) is 2. The van der Waals surface area contributed by atoms with Gasteiger partial charge in [0, 0.05) is 27.5 Å². The van der Waals surface area contributed by atoms with Gasteiger partial charge in [0.05, 0.1) is 17.6 Å². The highest BCUT2D eigenvalue weighted by molar-refractivity contribution is 14.1. The van der Waals surface area contributed by atoms with Crippen LogP contribution in [-0.4, -0.2) is 15.5 Å². The molecule has 0 saturated carbocycles. The molecular weight excluding hydrogens is 444 g/mol. The second kappa shape index (κ2) is 7.31. The summed E-state index contributed by atoms with van der Waals surface area (Å²) < 4.78 is 16.5. The molecule has 1 amide bonds. The van der Waals surface area contributed by atoms with Crippen LogP contribution in [0, 0.1) is 9.39 Å². The summed E-state index contributed by atoms with van der Waals surface area (Å²) in [7, 11) is 0. The van der Waals surface area contributed by atoms with Crippen molar-refractivity contribution in [3.8, 4) is 5.69 Å². The number of hydrogen-bond acceptors (Lipinski definition) is 2. The first-order valence-electron chi connectivity index (χ1n) is 7.04. The maximum atomic E-state index is 14.2. The summed E-state index contributed by atoms with van der Waals surface area (Å²) in [5.74, 6) is -0.601. The van der Waals surface area contributed by atoms with Gasteiger partial charge in [-0.2, -0.15) is 0 Å². The average molecular weight is 456 g/mol. The SMILES string of the molecule is O=C(NCc1ccc(-n2ccnc2)c(F)c1)c1ccc(Cl)cc1I. The number of halogens is 3.